The molecule has 1 unspecified atom stereocenters. The molecule has 0 saturated heterocycles. The van der Waals surface area contributed by atoms with Gasteiger partial charge in [-0.25, -0.2) is 9.78 Å². The molecule has 3 N–H and O–H groups in total. The molecular weight excluding hydrogens is 332 g/mol. The van der Waals surface area contributed by atoms with E-state index >= 15 is 0 Å². The number of carbonyl (C=O) groups excluding carboxylic acids is 1. The molecule has 0 bridgehead atoms. The molecule has 136 valence electrons. The van der Waals surface area contributed by atoms with Crippen LogP contribution in [0.4, 0.5) is 4.79 Å². The Morgan fingerprint density at radius 2 is 1.88 bits per heavy atom. The molecule has 0 aliphatic rings. The summed E-state index contributed by atoms with van der Waals surface area (Å²) in [4.78, 5) is 19.7. The number of methoxy groups -OCH3 is 1. The molecule has 1 heterocycles. The number of amides is 2. The highest BCUT2D eigenvalue weighted by Crippen LogP contribution is 2.17. The molecule has 26 heavy (non-hydrogen) atoms. The van der Waals surface area contributed by atoms with Crippen molar-refractivity contribution < 1.29 is 14.3 Å². The number of nitrogens with zero attached hydrogens (tertiary/aromatic N) is 1. The van der Waals surface area contributed by atoms with E-state index in [-0.39, 0.29) is 12.1 Å². The first-order valence-electron chi connectivity index (χ1n) is 8.41. The summed E-state index contributed by atoms with van der Waals surface area (Å²) in [5, 5.41) is 5.62. The van der Waals surface area contributed by atoms with Gasteiger partial charge >= 0.3 is 6.03 Å². The van der Waals surface area contributed by atoms with Crippen LogP contribution in [0.5, 0.6) is 11.5 Å². The van der Waals surface area contributed by atoms with E-state index in [1.807, 2.05) is 55.5 Å². The number of ether oxygens (including phenoxy) is 2. The average Bonchev–Trinajstić information content (AvgIpc) is 3.10. The van der Waals surface area contributed by atoms with Crippen molar-refractivity contribution in [2.75, 3.05) is 20.3 Å². The van der Waals surface area contributed by atoms with E-state index in [4.69, 9.17) is 9.47 Å². The lowest BCUT2D eigenvalue weighted by molar-refractivity contribution is 0.233. The van der Waals surface area contributed by atoms with Gasteiger partial charge in [-0.2, -0.15) is 0 Å². The number of aromatic amines is 1. The van der Waals surface area contributed by atoms with Crippen LogP contribution in [0.2, 0.25) is 0 Å². The van der Waals surface area contributed by atoms with Gasteiger partial charge in [-0.05, 0) is 43.3 Å². The van der Waals surface area contributed by atoms with Crippen LogP contribution < -0.4 is 20.1 Å². The number of fused-ring (bicyclic) bond motifs is 1. The molecule has 0 aliphatic carbocycles. The highest BCUT2D eigenvalue weighted by molar-refractivity contribution is 5.76. The Morgan fingerprint density at radius 3 is 2.62 bits per heavy atom. The van der Waals surface area contributed by atoms with Gasteiger partial charge in [-0.15, -0.1) is 0 Å². The average molecular weight is 354 g/mol. The van der Waals surface area contributed by atoms with Crippen LogP contribution in [0.25, 0.3) is 11.0 Å². The van der Waals surface area contributed by atoms with Gasteiger partial charge in [0.05, 0.1) is 30.7 Å². The number of carbonyl (C=O) groups is 1. The number of rotatable bonds is 7. The van der Waals surface area contributed by atoms with Crippen LogP contribution in [0, 0.1) is 0 Å². The van der Waals surface area contributed by atoms with E-state index < -0.39 is 0 Å². The predicted octanol–water partition coefficient (Wildman–Crippen LogP) is 3.01. The molecule has 1 atom stereocenters. The molecule has 0 saturated carbocycles. The van der Waals surface area contributed by atoms with Crippen LogP contribution >= 0.6 is 0 Å². The topological polar surface area (TPSA) is 88.3 Å². The van der Waals surface area contributed by atoms with Crippen molar-refractivity contribution in [1.29, 1.82) is 0 Å². The zero-order chi connectivity index (χ0) is 18.4. The van der Waals surface area contributed by atoms with Gasteiger partial charge in [0.1, 0.15) is 23.9 Å². The van der Waals surface area contributed by atoms with Gasteiger partial charge in [0.15, 0.2) is 0 Å². The maximum absolute atomic E-state index is 12.0. The third-order valence-electron chi connectivity index (χ3n) is 3.88. The minimum Gasteiger partial charge on any atom is -0.497 e. The number of para-hydroxylation sites is 2. The number of H-pyrrole nitrogens is 1. The third-order valence-corrected chi connectivity index (χ3v) is 3.88. The third kappa shape index (κ3) is 4.44. The Labute approximate surface area is 151 Å². The molecule has 0 spiro atoms. The quantitative estimate of drug-likeness (QED) is 0.569. The standard InChI is InChI=1S/C19H22N4O3/c1-13(18-22-16-5-3-4-6-17(16)23-18)21-19(24)20-11-12-26-15-9-7-14(25-2)8-10-15/h3-10,13H,11-12H2,1-2H3,(H,22,23)(H2,20,21,24). The maximum Gasteiger partial charge on any atom is 0.315 e. The molecule has 0 fully saturated rings. The highest BCUT2D eigenvalue weighted by atomic mass is 16.5. The number of benzene rings is 2. The van der Waals surface area contributed by atoms with Crippen LogP contribution in [0.3, 0.4) is 0 Å². The van der Waals surface area contributed by atoms with E-state index in [9.17, 15) is 4.79 Å². The molecule has 2 aromatic carbocycles. The smallest absolute Gasteiger partial charge is 0.315 e. The van der Waals surface area contributed by atoms with E-state index in [1.54, 1.807) is 7.11 Å². The van der Waals surface area contributed by atoms with Crippen molar-refractivity contribution in [3.8, 4) is 11.5 Å². The van der Waals surface area contributed by atoms with Gasteiger partial charge in [-0.1, -0.05) is 12.1 Å². The normalized spacial score (nSPS) is 11.8. The molecule has 3 aromatic rings. The largest absolute Gasteiger partial charge is 0.497 e. The van der Waals surface area contributed by atoms with E-state index in [1.165, 1.54) is 0 Å². The van der Waals surface area contributed by atoms with Crippen molar-refractivity contribution >= 4 is 17.1 Å². The minimum absolute atomic E-state index is 0.232. The Hall–Kier alpha value is -3.22. The first-order valence-corrected chi connectivity index (χ1v) is 8.41. The molecular formula is C19H22N4O3. The second-order valence-electron chi connectivity index (χ2n) is 5.79. The van der Waals surface area contributed by atoms with Crippen molar-refractivity contribution in [1.82, 2.24) is 20.6 Å². The molecule has 2 amide bonds. The Morgan fingerprint density at radius 1 is 1.15 bits per heavy atom. The summed E-state index contributed by atoms with van der Waals surface area (Å²) in [6.45, 7) is 2.65. The summed E-state index contributed by atoms with van der Waals surface area (Å²) in [5.41, 5.74) is 1.83. The number of urea groups is 1. The van der Waals surface area contributed by atoms with Gasteiger partial charge in [-0.3, -0.25) is 0 Å². The fourth-order valence-electron chi connectivity index (χ4n) is 2.50. The van der Waals surface area contributed by atoms with Gasteiger partial charge < -0.3 is 25.1 Å². The van der Waals surface area contributed by atoms with Crippen LogP contribution in [-0.2, 0) is 0 Å². The number of nitrogens with one attached hydrogen (secondary N) is 3. The zero-order valence-electron chi connectivity index (χ0n) is 14.8. The van der Waals surface area contributed by atoms with Crippen molar-refractivity contribution in [2.45, 2.75) is 13.0 Å². The zero-order valence-corrected chi connectivity index (χ0v) is 14.8. The van der Waals surface area contributed by atoms with E-state index in [2.05, 4.69) is 20.6 Å². The van der Waals surface area contributed by atoms with Gasteiger partial charge in [0.25, 0.3) is 0 Å². The van der Waals surface area contributed by atoms with Crippen molar-refractivity contribution in [3.05, 3.63) is 54.4 Å². The fourth-order valence-corrected chi connectivity index (χ4v) is 2.50. The number of imidazole rings is 1. The highest BCUT2D eigenvalue weighted by Gasteiger charge is 2.13. The lowest BCUT2D eigenvalue weighted by Crippen LogP contribution is -2.39. The molecule has 0 radical (unpaired) electrons. The van der Waals surface area contributed by atoms with Crippen molar-refractivity contribution in [3.63, 3.8) is 0 Å². The summed E-state index contributed by atoms with van der Waals surface area (Å²) in [6, 6.07) is 14.5. The predicted molar refractivity (Wildman–Crippen MR) is 99.5 cm³/mol. The van der Waals surface area contributed by atoms with Crippen LogP contribution in [0.1, 0.15) is 18.8 Å². The number of hydrogen-bond acceptors (Lipinski definition) is 4. The molecule has 3 rings (SSSR count). The minimum atomic E-state index is -0.267. The summed E-state index contributed by atoms with van der Waals surface area (Å²) < 4.78 is 10.7. The summed E-state index contributed by atoms with van der Waals surface area (Å²) in [7, 11) is 1.62. The van der Waals surface area contributed by atoms with Crippen LogP contribution in [-0.4, -0.2) is 36.3 Å². The summed E-state index contributed by atoms with van der Waals surface area (Å²) in [5.74, 6) is 2.22. The van der Waals surface area contributed by atoms with Crippen molar-refractivity contribution in [2.24, 2.45) is 0 Å². The summed E-state index contributed by atoms with van der Waals surface area (Å²) in [6.07, 6.45) is 0. The first-order chi connectivity index (χ1) is 12.7. The molecule has 0 aliphatic heterocycles. The van der Waals surface area contributed by atoms with E-state index in [0.717, 1.165) is 28.4 Å². The fraction of sp³-hybridized carbons (Fsp3) is 0.263. The first kappa shape index (κ1) is 17.6. The second kappa shape index (κ2) is 8.24. The number of hydrogen-bond donors (Lipinski definition) is 3. The number of aromatic nitrogens is 2. The second-order valence-corrected chi connectivity index (χ2v) is 5.79. The maximum atomic E-state index is 12.0. The Bertz CT molecular complexity index is 828. The summed E-state index contributed by atoms with van der Waals surface area (Å²) >= 11 is 0. The van der Waals surface area contributed by atoms with Gasteiger partial charge in [0.2, 0.25) is 0 Å². The van der Waals surface area contributed by atoms with E-state index in [0.29, 0.717) is 13.2 Å². The SMILES string of the molecule is COc1ccc(OCCNC(=O)NC(C)c2nc3ccccc3[nH]2)cc1. The molecule has 1 aromatic heterocycles. The van der Waals surface area contributed by atoms with Crippen LogP contribution in [0.15, 0.2) is 48.5 Å². The Kier molecular flexibility index (Phi) is 5.58. The Balaban J connectivity index is 1.41. The molecule has 7 heteroatoms. The molecule has 7 nitrogen and oxygen atoms in total. The van der Waals surface area contributed by atoms with Gasteiger partial charge in [0, 0.05) is 0 Å². The monoisotopic (exact) mass is 354 g/mol. The lowest BCUT2D eigenvalue weighted by atomic mass is 10.3. The lowest BCUT2D eigenvalue weighted by Gasteiger charge is -2.13.